The van der Waals surface area contributed by atoms with Crippen molar-refractivity contribution < 1.29 is 9.13 Å². The first kappa shape index (κ1) is 15.7. The van der Waals surface area contributed by atoms with Gasteiger partial charge >= 0.3 is 6.01 Å². The Kier molecular flexibility index (Phi) is 5.05. The van der Waals surface area contributed by atoms with Crippen LogP contribution >= 0.6 is 22.9 Å². The van der Waals surface area contributed by atoms with E-state index in [-0.39, 0.29) is 18.4 Å². The van der Waals surface area contributed by atoms with Crippen molar-refractivity contribution in [3.05, 3.63) is 69.3 Å². The van der Waals surface area contributed by atoms with Gasteiger partial charge in [0.25, 0.3) is 0 Å². The van der Waals surface area contributed by atoms with E-state index in [0.29, 0.717) is 11.6 Å². The third kappa shape index (κ3) is 4.18. The summed E-state index contributed by atoms with van der Waals surface area (Å²) < 4.78 is 19.3. The van der Waals surface area contributed by atoms with Gasteiger partial charge < -0.3 is 10.1 Å². The molecule has 1 N–H and O–H groups in total. The normalized spacial score (nSPS) is 10.5. The lowest BCUT2D eigenvalue weighted by Crippen LogP contribution is -2.06. The van der Waals surface area contributed by atoms with Crippen molar-refractivity contribution >= 4 is 28.8 Å². The smallest absolute Gasteiger partial charge is 0.318 e. The average molecular weight is 350 g/mol. The Hall–Kier alpha value is -2.18. The number of anilines is 1. The van der Waals surface area contributed by atoms with Crippen molar-refractivity contribution in [1.82, 2.24) is 9.97 Å². The Morgan fingerprint density at radius 1 is 1.22 bits per heavy atom. The highest BCUT2D eigenvalue weighted by atomic mass is 35.5. The van der Waals surface area contributed by atoms with Gasteiger partial charge in [0.1, 0.15) is 6.61 Å². The topological polar surface area (TPSA) is 47.0 Å². The standard InChI is InChI=1S/C16H13ClFN3OS/c17-13-6-2-1-4-11(13)10-22-16-20-9-14(18)15(21-16)19-8-12-5-3-7-23-12/h1-7,9H,8,10H2,(H,19,20,21). The van der Waals surface area contributed by atoms with Gasteiger partial charge in [-0.05, 0) is 17.5 Å². The number of aromatic nitrogens is 2. The van der Waals surface area contributed by atoms with Crippen LogP contribution in [-0.4, -0.2) is 9.97 Å². The second kappa shape index (κ2) is 7.39. The summed E-state index contributed by atoms with van der Waals surface area (Å²) in [6.07, 6.45) is 1.09. The minimum Gasteiger partial charge on any atom is -0.458 e. The van der Waals surface area contributed by atoms with Crippen LogP contribution in [0.4, 0.5) is 10.2 Å². The summed E-state index contributed by atoms with van der Waals surface area (Å²) in [6, 6.07) is 11.3. The summed E-state index contributed by atoms with van der Waals surface area (Å²) in [5.74, 6) is -0.408. The van der Waals surface area contributed by atoms with E-state index in [2.05, 4.69) is 15.3 Å². The monoisotopic (exact) mass is 349 g/mol. The number of hydrogen-bond donors (Lipinski definition) is 1. The lowest BCUT2D eigenvalue weighted by Gasteiger charge is -2.09. The maximum atomic E-state index is 13.8. The van der Waals surface area contributed by atoms with E-state index >= 15 is 0 Å². The summed E-state index contributed by atoms with van der Waals surface area (Å²) in [5.41, 5.74) is 0.815. The summed E-state index contributed by atoms with van der Waals surface area (Å²) in [6.45, 7) is 0.714. The number of nitrogens with zero attached hydrogens (tertiary/aromatic N) is 2. The summed E-state index contributed by atoms with van der Waals surface area (Å²) >= 11 is 7.65. The quantitative estimate of drug-likeness (QED) is 0.710. The zero-order valence-electron chi connectivity index (χ0n) is 12.0. The molecule has 0 fully saturated rings. The molecular weight excluding hydrogens is 337 g/mol. The SMILES string of the molecule is Fc1cnc(OCc2ccccc2Cl)nc1NCc1cccs1. The third-order valence-electron chi connectivity index (χ3n) is 3.05. The van der Waals surface area contributed by atoms with Crippen molar-refractivity contribution in [3.63, 3.8) is 0 Å². The largest absolute Gasteiger partial charge is 0.458 e. The van der Waals surface area contributed by atoms with Crippen LogP contribution in [0.3, 0.4) is 0 Å². The molecule has 2 heterocycles. The van der Waals surface area contributed by atoms with Gasteiger partial charge in [-0.15, -0.1) is 11.3 Å². The maximum Gasteiger partial charge on any atom is 0.318 e. The van der Waals surface area contributed by atoms with Gasteiger partial charge in [-0.25, -0.2) is 9.37 Å². The lowest BCUT2D eigenvalue weighted by atomic mass is 10.2. The van der Waals surface area contributed by atoms with E-state index < -0.39 is 5.82 Å². The molecule has 0 aliphatic carbocycles. The van der Waals surface area contributed by atoms with Crippen LogP contribution in [0.2, 0.25) is 5.02 Å². The zero-order valence-corrected chi connectivity index (χ0v) is 13.6. The second-order valence-electron chi connectivity index (χ2n) is 4.66. The van der Waals surface area contributed by atoms with Crippen LogP contribution in [0.15, 0.2) is 48.0 Å². The van der Waals surface area contributed by atoms with Crippen molar-refractivity contribution in [2.45, 2.75) is 13.2 Å². The predicted molar refractivity (Wildman–Crippen MR) is 89.4 cm³/mol. The van der Waals surface area contributed by atoms with E-state index in [0.717, 1.165) is 16.6 Å². The van der Waals surface area contributed by atoms with Gasteiger partial charge in [0.05, 0.1) is 12.7 Å². The molecule has 1 aromatic carbocycles. The van der Waals surface area contributed by atoms with Crippen molar-refractivity contribution in [2.75, 3.05) is 5.32 Å². The number of thiophene rings is 1. The van der Waals surface area contributed by atoms with Crippen molar-refractivity contribution in [2.24, 2.45) is 0 Å². The first-order chi connectivity index (χ1) is 11.2. The second-order valence-corrected chi connectivity index (χ2v) is 6.10. The molecule has 0 aliphatic heterocycles. The fourth-order valence-electron chi connectivity index (χ4n) is 1.89. The molecule has 7 heteroatoms. The van der Waals surface area contributed by atoms with Crippen LogP contribution in [0, 0.1) is 5.82 Å². The minimum atomic E-state index is -0.522. The molecule has 23 heavy (non-hydrogen) atoms. The number of halogens is 2. The molecule has 4 nitrogen and oxygen atoms in total. The molecule has 0 radical (unpaired) electrons. The van der Waals surface area contributed by atoms with Crippen LogP contribution in [0.25, 0.3) is 0 Å². The van der Waals surface area contributed by atoms with Gasteiger partial charge in [0, 0.05) is 15.5 Å². The predicted octanol–water partition coefficient (Wildman–Crippen LogP) is 4.52. The van der Waals surface area contributed by atoms with Crippen LogP contribution in [-0.2, 0) is 13.2 Å². The number of benzene rings is 1. The molecule has 2 aromatic heterocycles. The fourth-order valence-corrected chi connectivity index (χ4v) is 2.72. The number of nitrogens with one attached hydrogen (secondary N) is 1. The molecule has 0 saturated carbocycles. The van der Waals surface area contributed by atoms with E-state index in [1.165, 1.54) is 0 Å². The zero-order chi connectivity index (χ0) is 16.1. The molecule has 0 amide bonds. The molecule has 3 rings (SSSR count). The molecule has 0 unspecified atom stereocenters. The van der Waals surface area contributed by atoms with E-state index in [9.17, 15) is 4.39 Å². The number of hydrogen-bond acceptors (Lipinski definition) is 5. The van der Waals surface area contributed by atoms with Crippen molar-refractivity contribution in [3.8, 4) is 6.01 Å². The maximum absolute atomic E-state index is 13.8. The van der Waals surface area contributed by atoms with Gasteiger partial charge in [-0.3, -0.25) is 0 Å². The Morgan fingerprint density at radius 3 is 2.87 bits per heavy atom. The van der Waals surface area contributed by atoms with Gasteiger partial charge in [0.15, 0.2) is 11.6 Å². The van der Waals surface area contributed by atoms with E-state index in [1.54, 1.807) is 17.4 Å². The number of rotatable bonds is 6. The highest BCUT2D eigenvalue weighted by molar-refractivity contribution is 7.09. The average Bonchev–Trinajstić information content (AvgIpc) is 3.07. The summed E-state index contributed by atoms with van der Waals surface area (Å²) in [7, 11) is 0. The Morgan fingerprint density at radius 2 is 2.09 bits per heavy atom. The first-order valence-corrected chi connectivity index (χ1v) is 8.13. The lowest BCUT2D eigenvalue weighted by molar-refractivity contribution is 0.280. The van der Waals surface area contributed by atoms with Crippen LogP contribution in [0.5, 0.6) is 6.01 Å². The van der Waals surface area contributed by atoms with Gasteiger partial charge in [-0.2, -0.15) is 4.98 Å². The van der Waals surface area contributed by atoms with Crippen LogP contribution < -0.4 is 10.1 Å². The third-order valence-corrected chi connectivity index (χ3v) is 4.29. The van der Waals surface area contributed by atoms with Crippen molar-refractivity contribution in [1.29, 1.82) is 0 Å². The highest BCUT2D eigenvalue weighted by Crippen LogP contribution is 2.19. The number of ether oxygens (including phenoxy) is 1. The Labute approximate surface area is 141 Å². The van der Waals surface area contributed by atoms with E-state index in [4.69, 9.17) is 16.3 Å². The molecular formula is C16H13ClFN3OS. The van der Waals surface area contributed by atoms with Gasteiger partial charge in [0.2, 0.25) is 0 Å². The molecule has 0 atom stereocenters. The first-order valence-electron chi connectivity index (χ1n) is 6.87. The molecule has 0 saturated heterocycles. The molecule has 3 aromatic rings. The molecule has 0 bridgehead atoms. The summed E-state index contributed by atoms with van der Waals surface area (Å²) in [4.78, 5) is 8.98. The Balaban J connectivity index is 1.66. The van der Waals surface area contributed by atoms with Crippen LogP contribution in [0.1, 0.15) is 10.4 Å². The molecule has 0 spiro atoms. The Bertz CT molecular complexity index is 783. The fraction of sp³-hybridized carbons (Fsp3) is 0.125. The summed E-state index contributed by atoms with van der Waals surface area (Å²) in [5, 5.41) is 5.51. The molecule has 118 valence electrons. The van der Waals surface area contributed by atoms with E-state index in [1.807, 2.05) is 35.7 Å². The highest BCUT2D eigenvalue weighted by Gasteiger charge is 2.09. The molecule has 0 aliphatic rings. The minimum absolute atomic E-state index is 0.0972. The van der Waals surface area contributed by atoms with Gasteiger partial charge in [-0.1, -0.05) is 35.9 Å².